The first-order valence-corrected chi connectivity index (χ1v) is 7.15. The van der Waals surface area contributed by atoms with Crippen molar-refractivity contribution in [1.82, 2.24) is 0 Å². The largest absolute Gasteiger partial charge is 0.320 e. The Morgan fingerprint density at radius 2 is 1.63 bits per heavy atom. The van der Waals surface area contributed by atoms with Gasteiger partial charge in [-0.3, -0.25) is 0 Å². The molecule has 2 aromatic carbocycles. The maximum Gasteiger partial charge on any atom is 0.137 e. The summed E-state index contributed by atoms with van der Waals surface area (Å²) < 4.78 is 28.3. The number of nitrogens with two attached hydrogens (primary N) is 1. The molecule has 0 spiro atoms. The van der Waals surface area contributed by atoms with Crippen molar-refractivity contribution in [3.63, 3.8) is 0 Å². The Balaban J connectivity index is 2.49. The van der Waals surface area contributed by atoms with Gasteiger partial charge in [-0.2, -0.15) is 0 Å². The van der Waals surface area contributed by atoms with E-state index in [9.17, 15) is 8.78 Å². The van der Waals surface area contributed by atoms with E-state index in [0.29, 0.717) is 5.56 Å². The van der Waals surface area contributed by atoms with Crippen molar-refractivity contribution in [2.24, 2.45) is 5.73 Å². The molecule has 2 N–H and O–H groups in total. The zero-order chi connectivity index (χ0) is 14.2. The summed E-state index contributed by atoms with van der Waals surface area (Å²) in [5, 5.41) is 0. The summed E-state index contributed by atoms with van der Waals surface area (Å²) in [5.74, 6) is -1.07. The van der Waals surface area contributed by atoms with E-state index in [1.807, 2.05) is 25.1 Å². The first-order chi connectivity index (χ1) is 8.90. The van der Waals surface area contributed by atoms with Gasteiger partial charge in [-0.15, -0.1) is 0 Å². The van der Waals surface area contributed by atoms with E-state index < -0.39 is 17.7 Å². The lowest BCUT2D eigenvalue weighted by molar-refractivity contribution is 0.572. The van der Waals surface area contributed by atoms with Gasteiger partial charge >= 0.3 is 0 Å². The molecule has 0 aliphatic carbocycles. The molecule has 0 heterocycles. The molecule has 0 aliphatic heterocycles. The molecule has 1 unspecified atom stereocenters. The van der Waals surface area contributed by atoms with Gasteiger partial charge in [0.25, 0.3) is 0 Å². The summed E-state index contributed by atoms with van der Waals surface area (Å²) in [5.41, 5.74) is 7.94. The number of hydrogen-bond acceptors (Lipinski definition) is 1. The molecular formula is C14H11Br2F2N. The summed E-state index contributed by atoms with van der Waals surface area (Å²) in [7, 11) is 0. The van der Waals surface area contributed by atoms with Gasteiger partial charge in [-0.25, -0.2) is 8.78 Å². The fraction of sp³-hybridized carbons (Fsp3) is 0.143. The van der Waals surface area contributed by atoms with Crippen LogP contribution in [0.25, 0.3) is 0 Å². The minimum Gasteiger partial charge on any atom is -0.320 e. The van der Waals surface area contributed by atoms with Crippen molar-refractivity contribution < 1.29 is 8.78 Å². The van der Waals surface area contributed by atoms with Crippen LogP contribution in [0.3, 0.4) is 0 Å². The smallest absolute Gasteiger partial charge is 0.137 e. The lowest BCUT2D eigenvalue weighted by Crippen LogP contribution is -2.15. The second kappa shape index (κ2) is 5.69. The highest BCUT2D eigenvalue weighted by Gasteiger charge is 2.18. The van der Waals surface area contributed by atoms with Crippen LogP contribution in [0, 0.1) is 18.6 Å². The molecule has 100 valence electrons. The van der Waals surface area contributed by atoms with Gasteiger partial charge < -0.3 is 5.73 Å². The average Bonchev–Trinajstić information content (AvgIpc) is 2.33. The Labute approximate surface area is 127 Å². The van der Waals surface area contributed by atoms with Gasteiger partial charge in [-0.1, -0.05) is 28.1 Å². The van der Waals surface area contributed by atoms with Crippen LogP contribution in [0.4, 0.5) is 8.78 Å². The number of aryl methyl sites for hydroxylation is 1. The molecule has 0 fully saturated rings. The summed E-state index contributed by atoms with van der Waals surface area (Å²) in [6.45, 7) is 1.94. The van der Waals surface area contributed by atoms with Gasteiger partial charge in [0.1, 0.15) is 11.6 Å². The highest BCUT2D eigenvalue weighted by molar-refractivity contribution is 9.10. The molecule has 1 atom stereocenters. The highest BCUT2D eigenvalue weighted by Crippen LogP contribution is 2.31. The van der Waals surface area contributed by atoms with Crippen LogP contribution in [-0.4, -0.2) is 0 Å². The maximum absolute atomic E-state index is 13.9. The van der Waals surface area contributed by atoms with E-state index >= 15 is 0 Å². The third-order valence-corrected chi connectivity index (χ3v) is 4.16. The first kappa shape index (κ1) is 14.6. The van der Waals surface area contributed by atoms with Crippen LogP contribution in [0.1, 0.15) is 22.7 Å². The molecular weight excluding hydrogens is 380 g/mol. The van der Waals surface area contributed by atoms with Gasteiger partial charge in [0, 0.05) is 10.0 Å². The van der Waals surface area contributed by atoms with Crippen molar-refractivity contribution in [2.75, 3.05) is 0 Å². The van der Waals surface area contributed by atoms with Crippen molar-refractivity contribution in [3.8, 4) is 0 Å². The van der Waals surface area contributed by atoms with Crippen LogP contribution in [0.2, 0.25) is 0 Å². The van der Waals surface area contributed by atoms with Crippen LogP contribution >= 0.6 is 31.9 Å². The number of halogens is 4. The molecule has 0 radical (unpaired) electrons. The van der Waals surface area contributed by atoms with E-state index in [2.05, 4.69) is 31.9 Å². The Morgan fingerprint density at radius 3 is 2.26 bits per heavy atom. The average molecular weight is 391 g/mol. The molecule has 0 amide bonds. The SMILES string of the molecule is Cc1ccc(C(N)c2cc(F)c(Br)cc2F)c(Br)c1. The minimum atomic E-state index is -0.724. The van der Waals surface area contributed by atoms with Crippen LogP contribution in [0.15, 0.2) is 39.3 Å². The topological polar surface area (TPSA) is 26.0 Å². The van der Waals surface area contributed by atoms with Crippen LogP contribution < -0.4 is 5.73 Å². The van der Waals surface area contributed by atoms with Gasteiger partial charge in [0.15, 0.2) is 0 Å². The number of hydrogen-bond donors (Lipinski definition) is 1. The van der Waals surface area contributed by atoms with Gasteiger partial charge in [-0.05, 0) is 52.2 Å². The molecule has 19 heavy (non-hydrogen) atoms. The molecule has 0 aromatic heterocycles. The van der Waals surface area contributed by atoms with Crippen LogP contribution in [-0.2, 0) is 0 Å². The predicted octanol–water partition coefficient (Wildman–Crippen LogP) is 4.85. The van der Waals surface area contributed by atoms with Crippen molar-refractivity contribution in [3.05, 3.63) is 67.6 Å². The lowest BCUT2D eigenvalue weighted by atomic mass is 9.98. The number of benzene rings is 2. The molecule has 0 bridgehead atoms. The summed E-state index contributed by atoms with van der Waals surface area (Å²) in [6.07, 6.45) is 0. The Hall–Kier alpha value is -0.780. The second-order valence-corrected chi connectivity index (χ2v) is 6.00. The highest BCUT2D eigenvalue weighted by atomic mass is 79.9. The summed E-state index contributed by atoms with van der Waals surface area (Å²) in [6, 6.07) is 7.07. The fourth-order valence-corrected chi connectivity index (χ4v) is 2.88. The van der Waals surface area contributed by atoms with E-state index in [-0.39, 0.29) is 10.0 Å². The zero-order valence-corrected chi connectivity index (χ0v) is 13.2. The number of rotatable bonds is 2. The van der Waals surface area contributed by atoms with Crippen molar-refractivity contribution in [2.45, 2.75) is 13.0 Å². The molecule has 2 rings (SSSR count). The lowest BCUT2D eigenvalue weighted by Gasteiger charge is -2.16. The first-order valence-electron chi connectivity index (χ1n) is 5.56. The third kappa shape index (κ3) is 3.04. The van der Waals surface area contributed by atoms with Crippen molar-refractivity contribution >= 4 is 31.9 Å². The molecule has 0 saturated heterocycles. The summed E-state index contributed by atoms with van der Waals surface area (Å²) >= 11 is 6.34. The maximum atomic E-state index is 13.9. The Morgan fingerprint density at radius 1 is 0.947 bits per heavy atom. The summed E-state index contributed by atoms with van der Waals surface area (Å²) in [4.78, 5) is 0. The van der Waals surface area contributed by atoms with Gasteiger partial charge in [0.2, 0.25) is 0 Å². The molecule has 0 saturated carbocycles. The third-order valence-electron chi connectivity index (χ3n) is 2.87. The quantitative estimate of drug-likeness (QED) is 0.729. The Bertz CT molecular complexity index is 629. The fourth-order valence-electron chi connectivity index (χ4n) is 1.83. The predicted molar refractivity (Wildman–Crippen MR) is 79.0 cm³/mol. The second-order valence-electron chi connectivity index (χ2n) is 4.29. The van der Waals surface area contributed by atoms with Crippen LogP contribution in [0.5, 0.6) is 0 Å². The standard InChI is InChI=1S/C14H11Br2F2N/c1-7-2-3-8(10(15)4-7)14(19)9-5-13(18)11(16)6-12(9)17/h2-6,14H,19H2,1H3. The Kier molecular flexibility index (Phi) is 4.38. The van der Waals surface area contributed by atoms with E-state index in [4.69, 9.17) is 5.73 Å². The monoisotopic (exact) mass is 389 g/mol. The molecule has 0 aliphatic rings. The van der Waals surface area contributed by atoms with E-state index in [1.165, 1.54) is 0 Å². The van der Waals surface area contributed by atoms with Crippen molar-refractivity contribution in [1.29, 1.82) is 0 Å². The normalized spacial score (nSPS) is 12.5. The molecule has 5 heteroatoms. The van der Waals surface area contributed by atoms with Gasteiger partial charge in [0.05, 0.1) is 10.5 Å². The van der Waals surface area contributed by atoms with E-state index in [1.54, 1.807) is 0 Å². The zero-order valence-electron chi connectivity index (χ0n) is 10.1. The minimum absolute atomic E-state index is 0.0870. The molecule has 2 aromatic rings. The molecule has 1 nitrogen and oxygen atoms in total. The van der Waals surface area contributed by atoms with E-state index in [0.717, 1.165) is 22.2 Å².